The molecule has 27 heavy (non-hydrogen) atoms. The van der Waals surface area contributed by atoms with Gasteiger partial charge in [-0.1, -0.05) is 38.5 Å². The first-order chi connectivity index (χ1) is 13.0. The first-order valence-electron chi connectivity index (χ1n) is 8.72. The molecule has 140 valence electrons. The summed E-state index contributed by atoms with van der Waals surface area (Å²) in [5, 5.41) is 16.3. The third kappa shape index (κ3) is 4.25. The summed E-state index contributed by atoms with van der Waals surface area (Å²) in [5.41, 5.74) is 2.61. The predicted molar refractivity (Wildman–Crippen MR) is 99.8 cm³/mol. The fraction of sp³-hybridized carbons (Fsp3) is 0.250. The minimum atomic E-state index is -1.31. The van der Waals surface area contributed by atoms with Gasteiger partial charge in [-0.3, -0.25) is 0 Å². The number of hydrogen-bond acceptors (Lipinski definition) is 5. The van der Waals surface area contributed by atoms with Crippen LogP contribution in [0.1, 0.15) is 20.3 Å². The van der Waals surface area contributed by atoms with Crippen LogP contribution in [0.25, 0.3) is 22.6 Å². The molecule has 0 aliphatic carbocycles. The molecule has 0 saturated heterocycles. The SMILES string of the molecule is CC[C@@H](C)[C@H](NC(=O)Nc1cccc(-c2nc3ccccc3o2)c1)C(=O)[O-]. The lowest BCUT2D eigenvalue weighted by Crippen LogP contribution is -2.52. The number of amides is 2. The molecule has 0 bridgehead atoms. The van der Waals surface area contributed by atoms with E-state index in [0.717, 1.165) is 5.52 Å². The maximum atomic E-state index is 12.2. The number of aromatic nitrogens is 1. The lowest BCUT2D eigenvalue weighted by molar-refractivity contribution is -0.309. The number of benzene rings is 2. The highest BCUT2D eigenvalue weighted by atomic mass is 16.4. The number of anilines is 1. The lowest BCUT2D eigenvalue weighted by atomic mass is 9.99. The zero-order valence-electron chi connectivity index (χ0n) is 15.1. The van der Waals surface area contributed by atoms with Gasteiger partial charge >= 0.3 is 6.03 Å². The number of nitrogens with one attached hydrogen (secondary N) is 2. The average Bonchev–Trinajstić information content (AvgIpc) is 3.10. The highest BCUT2D eigenvalue weighted by Gasteiger charge is 2.19. The van der Waals surface area contributed by atoms with E-state index in [9.17, 15) is 14.7 Å². The molecule has 0 radical (unpaired) electrons. The molecular weight excluding hydrogens is 346 g/mol. The minimum absolute atomic E-state index is 0.244. The molecule has 1 aromatic heterocycles. The number of hydrogen-bond donors (Lipinski definition) is 2. The largest absolute Gasteiger partial charge is 0.548 e. The van der Waals surface area contributed by atoms with Crippen molar-refractivity contribution < 1.29 is 19.1 Å². The van der Waals surface area contributed by atoms with Crippen molar-refractivity contribution in [2.24, 2.45) is 5.92 Å². The van der Waals surface area contributed by atoms with Gasteiger partial charge < -0.3 is 25.0 Å². The Bertz CT molecular complexity index is 934. The van der Waals surface area contributed by atoms with Gasteiger partial charge in [0.2, 0.25) is 5.89 Å². The molecule has 2 N–H and O–H groups in total. The first kappa shape index (κ1) is 18.4. The Morgan fingerprint density at radius 3 is 2.67 bits per heavy atom. The van der Waals surface area contributed by atoms with Crippen LogP contribution in [0.2, 0.25) is 0 Å². The molecule has 0 spiro atoms. The van der Waals surface area contributed by atoms with Crippen molar-refractivity contribution in [1.29, 1.82) is 0 Å². The van der Waals surface area contributed by atoms with Crippen LogP contribution in [0.4, 0.5) is 10.5 Å². The molecule has 3 aromatic rings. The summed E-state index contributed by atoms with van der Waals surface area (Å²) < 4.78 is 5.73. The number of nitrogens with zero attached hydrogens (tertiary/aromatic N) is 1. The van der Waals surface area contributed by atoms with Crippen molar-refractivity contribution in [3.63, 3.8) is 0 Å². The molecule has 2 amide bonds. The van der Waals surface area contributed by atoms with Gasteiger partial charge in [0.25, 0.3) is 0 Å². The van der Waals surface area contributed by atoms with Gasteiger partial charge in [-0.2, -0.15) is 0 Å². The van der Waals surface area contributed by atoms with Gasteiger partial charge in [0.1, 0.15) is 5.52 Å². The summed E-state index contributed by atoms with van der Waals surface area (Å²) in [4.78, 5) is 27.8. The summed E-state index contributed by atoms with van der Waals surface area (Å²) in [5.74, 6) is -1.11. The molecule has 2 atom stereocenters. The lowest BCUT2D eigenvalue weighted by Gasteiger charge is -2.25. The standard InChI is InChI=1S/C20H21N3O4/c1-3-12(2)17(19(24)25)23-20(26)21-14-8-6-7-13(11-14)18-22-15-9-4-5-10-16(15)27-18/h4-12,17H,3H2,1-2H3,(H,24,25)(H2,21,23,26)/p-1/t12-,17+/m1/s1. The van der Waals surface area contributed by atoms with Crippen LogP contribution in [-0.2, 0) is 4.79 Å². The fourth-order valence-corrected chi connectivity index (χ4v) is 2.70. The Morgan fingerprint density at radius 2 is 1.96 bits per heavy atom. The number of urea groups is 1. The molecule has 1 heterocycles. The smallest absolute Gasteiger partial charge is 0.319 e. The molecule has 7 heteroatoms. The molecule has 0 unspecified atom stereocenters. The number of rotatable bonds is 6. The van der Waals surface area contributed by atoms with Crippen LogP contribution < -0.4 is 15.7 Å². The van der Waals surface area contributed by atoms with Crippen molar-refractivity contribution in [3.05, 3.63) is 48.5 Å². The number of carboxylic acids is 1. The summed E-state index contributed by atoms with van der Waals surface area (Å²) in [6.07, 6.45) is 0.603. The van der Waals surface area contributed by atoms with Crippen molar-refractivity contribution in [2.45, 2.75) is 26.3 Å². The number of aliphatic carboxylic acids is 1. The van der Waals surface area contributed by atoms with E-state index in [1.54, 1.807) is 25.1 Å². The maximum Gasteiger partial charge on any atom is 0.319 e. The van der Waals surface area contributed by atoms with Crippen molar-refractivity contribution >= 4 is 28.8 Å². The summed E-state index contributed by atoms with van der Waals surface area (Å²) in [6, 6.07) is 12.7. The highest BCUT2D eigenvalue weighted by Crippen LogP contribution is 2.26. The molecule has 7 nitrogen and oxygen atoms in total. The Hall–Kier alpha value is -3.35. The van der Waals surface area contributed by atoms with Gasteiger partial charge in [-0.05, 0) is 36.2 Å². The maximum absolute atomic E-state index is 12.2. The number of para-hydroxylation sites is 2. The van der Waals surface area contributed by atoms with E-state index in [1.807, 2.05) is 37.3 Å². The summed E-state index contributed by atoms with van der Waals surface area (Å²) in [7, 11) is 0. The third-order valence-electron chi connectivity index (χ3n) is 4.41. The quantitative estimate of drug-likeness (QED) is 0.697. The Balaban J connectivity index is 1.75. The van der Waals surface area contributed by atoms with E-state index < -0.39 is 18.0 Å². The van der Waals surface area contributed by atoms with E-state index in [1.165, 1.54) is 0 Å². The second-order valence-corrected chi connectivity index (χ2v) is 6.35. The van der Waals surface area contributed by atoms with E-state index in [-0.39, 0.29) is 5.92 Å². The van der Waals surface area contributed by atoms with E-state index in [0.29, 0.717) is 29.1 Å². The summed E-state index contributed by atoms with van der Waals surface area (Å²) in [6.45, 7) is 3.60. The van der Waals surface area contributed by atoms with Crippen LogP contribution in [-0.4, -0.2) is 23.0 Å². The summed E-state index contributed by atoms with van der Waals surface area (Å²) >= 11 is 0. The molecule has 2 aromatic carbocycles. The zero-order valence-corrected chi connectivity index (χ0v) is 15.1. The molecule has 0 saturated carbocycles. The van der Waals surface area contributed by atoms with Crippen molar-refractivity contribution in [3.8, 4) is 11.5 Å². The highest BCUT2D eigenvalue weighted by molar-refractivity contribution is 5.92. The molecule has 0 aliphatic heterocycles. The van der Waals surface area contributed by atoms with Crippen LogP contribution in [0.5, 0.6) is 0 Å². The van der Waals surface area contributed by atoms with Crippen molar-refractivity contribution in [2.75, 3.05) is 5.32 Å². The number of carbonyl (C=O) groups excluding carboxylic acids is 2. The van der Waals surface area contributed by atoms with Crippen LogP contribution in [0.15, 0.2) is 52.9 Å². The molecular formula is C20H20N3O4-. The Labute approximate surface area is 156 Å². The first-order valence-corrected chi connectivity index (χ1v) is 8.72. The monoisotopic (exact) mass is 366 g/mol. The molecule has 3 rings (SSSR count). The van der Waals surface area contributed by atoms with Gasteiger partial charge in [0, 0.05) is 11.3 Å². The molecule has 0 aliphatic rings. The number of carbonyl (C=O) groups is 2. The normalized spacial score (nSPS) is 13.1. The Kier molecular flexibility index (Phi) is 5.40. The van der Waals surface area contributed by atoms with Crippen LogP contribution in [0.3, 0.4) is 0 Å². The third-order valence-corrected chi connectivity index (χ3v) is 4.41. The van der Waals surface area contributed by atoms with Gasteiger partial charge in [0.15, 0.2) is 5.58 Å². The second-order valence-electron chi connectivity index (χ2n) is 6.35. The fourth-order valence-electron chi connectivity index (χ4n) is 2.70. The average molecular weight is 366 g/mol. The van der Waals surface area contributed by atoms with E-state index in [4.69, 9.17) is 4.42 Å². The van der Waals surface area contributed by atoms with Gasteiger partial charge in [-0.15, -0.1) is 0 Å². The Morgan fingerprint density at radius 1 is 1.19 bits per heavy atom. The second kappa shape index (κ2) is 7.90. The van der Waals surface area contributed by atoms with Crippen LogP contribution in [0, 0.1) is 5.92 Å². The van der Waals surface area contributed by atoms with Crippen LogP contribution >= 0.6 is 0 Å². The van der Waals surface area contributed by atoms with Gasteiger partial charge in [-0.25, -0.2) is 9.78 Å². The minimum Gasteiger partial charge on any atom is -0.548 e. The van der Waals surface area contributed by atoms with E-state index in [2.05, 4.69) is 15.6 Å². The number of oxazole rings is 1. The molecule has 0 fully saturated rings. The van der Waals surface area contributed by atoms with Crippen molar-refractivity contribution in [1.82, 2.24) is 10.3 Å². The zero-order chi connectivity index (χ0) is 19.4. The number of fused-ring (bicyclic) bond motifs is 1. The number of carboxylic acid groups (broad SMARTS) is 1. The van der Waals surface area contributed by atoms with Gasteiger partial charge in [0.05, 0.1) is 12.0 Å². The topological polar surface area (TPSA) is 107 Å². The predicted octanol–water partition coefficient (Wildman–Crippen LogP) is 2.78. The van der Waals surface area contributed by atoms with E-state index >= 15 is 0 Å².